The maximum Gasteiger partial charge on any atom is 0.264 e. The second kappa shape index (κ2) is 1.78. The first-order valence-electron chi connectivity index (χ1n) is 1.14. The average molecular weight is 72.9 g/mol. The van der Waals surface area contributed by atoms with E-state index in [1.54, 1.807) is 0 Å². The van der Waals surface area contributed by atoms with E-state index in [-0.39, 0.29) is 0 Å². The number of nitrogens with two attached hydrogens (primary N) is 1. The first-order chi connectivity index (χ1) is 2.27. The molecule has 0 amide bonds. The van der Waals surface area contributed by atoms with Crippen LogP contribution in [0.1, 0.15) is 0 Å². The molecule has 0 unspecified atom stereocenters. The molecule has 0 aliphatic heterocycles. The van der Waals surface area contributed by atoms with Crippen LogP contribution in [-0.2, 0) is 4.84 Å². The Labute approximate surface area is 30.5 Å². The predicted octanol–water partition coefficient (Wildman–Crippen LogP) is -1.37. The van der Waals surface area contributed by atoms with Crippen molar-refractivity contribution in [3.8, 4) is 0 Å². The van der Waals surface area contributed by atoms with Gasteiger partial charge in [0.15, 0.2) is 0 Å². The zero-order valence-electron chi connectivity index (χ0n) is 2.89. The molecule has 2 N–H and O–H groups in total. The van der Waals surface area contributed by atoms with Gasteiger partial charge in [0.05, 0.1) is 0 Å². The summed E-state index contributed by atoms with van der Waals surface area (Å²) in [6, 6.07) is 0. The minimum Gasteiger partial charge on any atom is -0.386 e. The Morgan fingerprint density at radius 2 is 2.20 bits per heavy atom. The summed E-state index contributed by atoms with van der Waals surface area (Å²) in [4.78, 5) is 13.1. The third kappa shape index (κ3) is 3.49. The zero-order valence-corrected chi connectivity index (χ0v) is 2.89. The van der Waals surface area contributed by atoms with Gasteiger partial charge < -0.3 is 4.84 Å². The number of carbonyl (C=O) groups is 1. The molecule has 28 valence electrons. The van der Waals surface area contributed by atoms with Crippen molar-refractivity contribution in [2.45, 2.75) is 0 Å². The van der Waals surface area contributed by atoms with Crippen LogP contribution in [0.15, 0.2) is 0 Å². The largest absolute Gasteiger partial charge is 0.386 e. The van der Waals surface area contributed by atoms with Crippen LogP contribution in [-0.4, -0.2) is 13.7 Å². The zero-order chi connectivity index (χ0) is 4.28. The standard InChI is InChI=1S/CH4BNO2/c2-1(4)5-3/h2-3H2. The van der Waals surface area contributed by atoms with E-state index >= 15 is 0 Å². The van der Waals surface area contributed by atoms with Crippen molar-refractivity contribution in [2.24, 2.45) is 5.90 Å². The number of hydrogen-bond donors (Lipinski definition) is 1. The van der Waals surface area contributed by atoms with Crippen LogP contribution >= 0.6 is 0 Å². The number of rotatable bonds is 0. The molecule has 0 saturated carbocycles. The summed E-state index contributed by atoms with van der Waals surface area (Å²) in [5.41, 5.74) is 0. The van der Waals surface area contributed by atoms with Gasteiger partial charge >= 0.3 is 0 Å². The van der Waals surface area contributed by atoms with E-state index in [1.807, 2.05) is 0 Å². The lowest BCUT2D eigenvalue weighted by molar-refractivity contribution is 0.175. The normalized spacial score (nSPS) is 6.60. The highest BCUT2D eigenvalue weighted by Gasteiger charge is 1.77. The Morgan fingerprint density at radius 1 is 2.00 bits per heavy atom. The van der Waals surface area contributed by atoms with E-state index in [0.717, 1.165) is 0 Å². The van der Waals surface area contributed by atoms with Crippen molar-refractivity contribution in [1.29, 1.82) is 0 Å². The van der Waals surface area contributed by atoms with Gasteiger partial charge in [-0.3, -0.25) is 4.79 Å². The smallest absolute Gasteiger partial charge is 0.264 e. The Hall–Kier alpha value is -0.505. The maximum atomic E-state index is 9.47. The van der Waals surface area contributed by atoms with Crippen LogP contribution in [0.5, 0.6) is 0 Å². The van der Waals surface area contributed by atoms with E-state index in [2.05, 4.69) is 10.7 Å². The van der Waals surface area contributed by atoms with E-state index in [4.69, 9.17) is 0 Å². The van der Waals surface area contributed by atoms with Gasteiger partial charge in [-0.1, -0.05) is 0 Å². The SMILES string of the molecule is BC(=O)ON. The lowest BCUT2D eigenvalue weighted by Gasteiger charge is -1.80. The Morgan fingerprint density at radius 3 is 2.20 bits per heavy atom. The molecule has 0 aliphatic carbocycles. The van der Waals surface area contributed by atoms with Crippen LogP contribution < -0.4 is 5.90 Å². The molecule has 0 fully saturated rings. The van der Waals surface area contributed by atoms with Crippen molar-refractivity contribution in [3.63, 3.8) is 0 Å². The Kier molecular flexibility index (Phi) is 1.60. The first kappa shape index (κ1) is 4.49. The fourth-order valence-corrected chi connectivity index (χ4v) is 0. The van der Waals surface area contributed by atoms with Crippen LogP contribution in [0.25, 0.3) is 0 Å². The second-order valence-electron chi connectivity index (χ2n) is 0.609. The lowest BCUT2D eigenvalue weighted by atomic mass is 10.2. The summed E-state index contributed by atoms with van der Waals surface area (Å²) in [5, 5.41) is 0. The topological polar surface area (TPSA) is 52.3 Å². The molecule has 0 heterocycles. The minimum atomic E-state index is -0.468. The molecule has 0 atom stereocenters. The van der Waals surface area contributed by atoms with Crippen molar-refractivity contribution in [2.75, 3.05) is 0 Å². The summed E-state index contributed by atoms with van der Waals surface area (Å²) in [5.74, 6) is 3.85. The third-order valence-corrected chi connectivity index (χ3v) is 0.166. The first-order valence-corrected chi connectivity index (χ1v) is 1.14. The highest BCUT2D eigenvalue weighted by atomic mass is 16.6. The molecule has 5 heavy (non-hydrogen) atoms. The van der Waals surface area contributed by atoms with Crippen LogP contribution in [0, 0.1) is 0 Å². The van der Waals surface area contributed by atoms with E-state index in [1.165, 1.54) is 7.85 Å². The molecule has 4 heteroatoms. The van der Waals surface area contributed by atoms with E-state index in [0.29, 0.717) is 0 Å². The highest BCUT2D eigenvalue weighted by molar-refractivity contribution is 6.54. The minimum absolute atomic E-state index is 0.468. The van der Waals surface area contributed by atoms with Crippen molar-refractivity contribution in [3.05, 3.63) is 0 Å². The predicted molar refractivity (Wildman–Crippen MR) is 19.2 cm³/mol. The van der Waals surface area contributed by atoms with Gasteiger partial charge in [-0.2, -0.15) is 5.90 Å². The molecule has 0 bridgehead atoms. The fourth-order valence-electron chi connectivity index (χ4n) is 0. The van der Waals surface area contributed by atoms with Gasteiger partial charge in [-0.05, 0) is 0 Å². The molecule has 0 aliphatic rings. The molecular weight excluding hydrogens is 68.8 g/mol. The number of hydrogen-bond acceptors (Lipinski definition) is 3. The van der Waals surface area contributed by atoms with Gasteiger partial charge in [-0.25, -0.2) is 0 Å². The van der Waals surface area contributed by atoms with Gasteiger partial charge in [0.2, 0.25) is 7.85 Å². The van der Waals surface area contributed by atoms with Gasteiger partial charge in [0.1, 0.15) is 0 Å². The molecule has 0 rings (SSSR count). The van der Waals surface area contributed by atoms with Crippen LogP contribution in [0.3, 0.4) is 0 Å². The molecule has 0 aromatic rings. The lowest BCUT2D eigenvalue weighted by Crippen LogP contribution is -2.05. The second-order valence-corrected chi connectivity index (χ2v) is 0.609. The van der Waals surface area contributed by atoms with Gasteiger partial charge in [0.25, 0.3) is 5.87 Å². The monoisotopic (exact) mass is 73.0 g/mol. The summed E-state index contributed by atoms with van der Waals surface area (Å²) in [6.07, 6.45) is 0. The molecule has 3 nitrogen and oxygen atoms in total. The summed E-state index contributed by atoms with van der Waals surface area (Å²) < 4.78 is 0. The molecule has 0 radical (unpaired) electrons. The molecule has 0 saturated heterocycles. The van der Waals surface area contributed by atoms with Crippen LogP contribution in [0.4, 0.5) is 4.79 Å². The molecule has 0 aromatic carbocycles. The summed E-state index contributed by atoms with van der Waals surface area (Å²) in [6.45, 7) is 0. The Balaban J connectivity index is 2.85. The average Bonchev–Trinajstić information content (AvgIpc) is 1.38. The maximum absolute atomic E-state index is 9.47. The highest BCUT2D eigenvalue weighted by Crippen LogP contribution is 1.54. The van der Waals surface area contributed by atoms with E-state index in [9.17, 15) is 4.79 Å². The van der Waals surface area contributed by atoms with Crippen molar-refractivity contribution >= 4 is 13.7 Å². The van der Waals surface area contributed by atoms with Crippen molar-refractivity contribution in [1.82, 2.24) is 0 Å². The third-order valence-electron chi connectivity index (χ3n) is 0.166. The molecule has 0 spiro atoms. The molecule has 0 aromatic heterocycles. The summed E-state index contributed by atoms with van der Waals surface area (Å²) >= 11 is 0. The number of carbonyl (C=O) groups excluding carboxylic acids is 1. The Bertz CT molecular complexity index is 44.9. The van der Waals surface area contributed by atoms with Gasteiger partial charge in [-0.15, -0.1) is 0 Å². The fraction of sp³-hybridized carbons (Fsp3) is 0. The molecular formula is CH4BNO2. The van der Waals surface area contributed by atoms with Crippen molar-refractivity contribution < 1.29 is 9.63 Å². The van der Waals surface area contributed by atoms with Gasteiger partial charge in [0, 0.05) is 0 Å². The van der Waals surface area contributed by atoms with Crippen LogP contribution in [0.2, 0.25) is 0 Å². The quantitative estimate of drug-likeness (QED) is 0.284. The van der Waals surface area contributed by atoms with E-state index < -0.39 is 5.87 Å². The summed E-state index contributed by atoms with van der Waals surface area (Å²) in [7, 11) is 1.24.